The van der Waals surface area contributed by atoms with E-state index in [2.05, 4.69) is 72.9 Å². The first-order valence-corrected chi connectivity index (χ1v) is 11.8. The first-order chi connectivity index (χ1) is 7.47. The van der Waals surface area contributed by atoms with E-state index in [-0.39, 0.29) is 7.47 Å². The third-order valence-corrected chi connectivity index (χ3v) is 17.4. The van der Waals surface area contributed by atoms with Crippen LogP contribution in [0.2, 0.25) is 13.1 Å². The average molecular weight is 268 g/mol. The van der Waals surface area contributed by atoms with Gasteiger partial charge in [0.2, 0.25) is 0 Å². The Bertz CT molecular complexity index is 323. The normalized spacial score (nSPS) is 17.8. The molecule has 98 valence electrons. The van der Waals surface area contributed by atoms with E-state index in [0.717, 1.165) is 0 Å². The molecule has 0 saturated heterocycles. The van der Waals surface area contributed by atoms with Gasteiger partial charge in [0.05, 0.1) is 0 Å². The summed E-state index contributed by atoms with van der Waals surface area (Å²) in [6, 6.07) is 0. The Balaban J connectivity index is 3.15. The quantitative estimate of drug-likeness (QED) is 0.445. The van der Waals surface area contributed by atoms with Crippen LogP contribution in [0.15, 0.2) is 23.4 Å². The molecule has 1 aliphatic carbocycles. The van der Waals surface area contributed by atoms with Gasteiger partial charge in [-0.05, 0) is 16.7 Å². The molecule has 1 rings (SSSR count). The third kappa shape index (κ3) is 3.32. The highest BCUT2D eigenvalue weighted by molar-refractivity contribution is 7.97. The summed E-state index contributed by atoms with van der Waals surface area (Å²) in [4.78, 5) is 0. The molecule has 0 bridgehead atoms. The fourth-order valence-electron chi connectivity index (χ4n) is 3.73. The molecule has 0 aromatic carbocycles. The van der Waals surface area contributed by atoms with E-state index in [9.17, 15) is 0 Å². The zero-order chi connectivity index (χ0) is 13.5. The summed E-state index contributed by atoms with van der Waals surface area (Å²) in [5.74, 6) is 0. The van der Waals surface area contributed by atoms with Crippen molar-refractivity contribution in [1.29, 1.82) is 0 Å². The molecule has 0 saturated carbocycles. The first kappa shape index (κ1) is 15.2. The van der Waals surface area contributed by atoms with Gasteiger partial charge < -0.3 is 0 Å². The van der Waals surface area contributed by atoms with Crippen molar-refractivity contribution >= 4 is 15.2 Å². The summed E-state index contributed by atoms with van der Waals surface area (Å²) < 4.78 is 0. The maximum Gasteiger partial charge on any atom is 0.104 e. The Labute approximate surface area is 110 Å². The van der Waals surface area contributed by atoms with Gasteiger partial charge in [-0.1, -0.05) is 78.1 Å². The molecule has 0 amide bonds. The van der Waals surface area contributed by atoms with Crippen LogP contribution in [0, 0.1) is 0 Å². The Morgan fingerprint density at radius 2 is 1.47 bits per heavy atom. The van der Waals surface area contributed by atoms with E-state index in [1.165, 1.54) is 6.42 Å². The number of rotatable bonds is 2. The molecule has 0 aromatic heterocycles. The van der Waals surface area contributed by atoms with Crippen LogP contribution >= 0.6 is 7.47 Å². The molecule has 17 heavy (non-hydrogen) atoms. The third-order valence-electron chi connectivity index (χ3n) is 3.46. The zero-order valence-electron chi connectivity index (χ0n) is 12.9. The maximum absolute atomic E-state index is 2.59. The highest BCUT2D eigenvalue weighted by Gasteiger charge is 2.47. The van der Waals surface area contributed by atoms with Gasteiger partial charge in [-0.15, -0.1) is 7.47 Å². The Hall–Kier alpha value is 0.127. The lowest BCUT2D eigenvalue weighted by atomic mass is 10.2. The van der Waals surface area contributed by atoms with Crippen molar-refractivity contribution in [2.45, 2.75) is 71.4 Å². The molecule has 0 unspecified atom stereocenters. The van der Waals surface area contributed by atoms with Crippen LogP contribution in [-0.4, -0.2) is 18.1 Å². The van der Waals surface area contributed by atoms with Gasteiger partial charge in [0.1, 0.15) is 7.74 Å². The maximum atomic E-state index is 2.59. The monoisotopic (exact) mass is 268 g/mol. The summed E-state index contributed by atoms with van der Waals surface area (Å²) in [5.41, 5.74) is 0. The van der Waals surface area contributed by atoms with Crippen LogP contribution in [0.25, 0.3) is 0 Å². The molecular weight excluding hydrogens is 239 g/mol. The average Bonchev–Trinajstić information content (AvgIpc) is 2.46. The van der Waals surface area contributed by atoms with Gasteiger partial charge in [-0.25, -0.2) is 0 Å². The second-order valence-corrected chi connectivity index (χ2v) is 19.4. The summed E-state index contributed by atoms with van der Waals surface area (Å²) in [6.45, 7) is 19.9. The van der Waals surface area contributed by atoms with Crippen molar-refractivity contribution in [1.82, 2.24) is 0 Å². The largest absolute Gasteiger partial charge is 0.104 e. The fraction of sp³-hybridized carbons (Fsp3) is 0.733. The van der Waals surface area contributed by atoms with Crippen molar-refractivity contribution in [2.24, 2.45) is 0 Å². The van der Waals surface area contributed by atoms with Gasteiger partial charge in [0.15, 0.2) is 0 Å². The van der Waals surface area contributed by atoms with Crippen LogP contribution in [0.5, 0.6) is 0 Å². The zero-order valence-corrected chi connectivity index (χ0v) is 14.8. The van der Waals surface area contributed by atoms with E-state index in [4.69, 9.17) is 0 Å². The second-order valence-electron chi connectivity index (χ2n) is 7.56. The molecule has 1 aliphatic rings. The highest BCUT2D eigenvalue weighted by atomic mass is 31.4. The van der Waals surface area contributed by atoms with E-state index < -0.39 is 7.74 Å². The Morgan fingerprint density at radius 3 is 1.76 bits per heavy atom. The van der Waals surface area contributed by atoms with Crippen molar-refractivity contribution in [3.63, 3.8) is 0 Å². The summed E-state index contributed by atoms with van der Waals surface area (Å²) in [7, 11) is -1.27. The van der Waals surface area contributed by atoms with Gasteiger partial charge in [-0.2, -0.15) is 0 Å². The molecule has 0 aliphatic heterocycles. The first-order valence-electron chi connectivity index (χ1n) is 6.64. The van der Waals surface area contributed by atoms with Gasteiger partial charge in [-0.3, -0.25) is 0 Å². The van der Waals surface area contributed by atoms with E-state index in [1.54, 1.807) is 5.20 Å². The predicted molar refractivity (Wildman–Crippen MR) is 85.7 cm³/mol. The van der Waals surface area contributed by atoms with Crippen LogP contribution in [-0.2, 0) is 0 Å². The minimum Gasteiger partial charge on any atom is -0.103 e. The SMILES string of the molecule is CC(C)(C)P(C(C)(C)C)[Si](C)(C)C1=CC=CC1. The molecule has 2 heteroatoms. The molecular formula is C15H29PSi. The summed E-state index contributed by atoms with van der Waals surface area (Å²) in [5, 5.41) is 2.66. The van der Waals surface area contributed by atoms with Crippen molar-refractivity contribution in [3.05, 3.63) is 23.4 Å². The molecule has 0 spiro atoms. The van der Waals surface area contributed by atoms with Crippen LogP contribution in [0.4, 0.5) is 0 Å². The second kappa shape index (κ2) is 4.66. The minimum atomic E-state index is -1.31. The van der Waals surface area contributed by atoms with Crippen molar-refractivity contribution in [2.75, 3.05) is 0 Å². The van der Waals surface area contributed by atoms with Gasteiger partial charge in [0.25, 0.3) is 0 Å². The topological polar surface area (TPSA) is 0 Å². The van der Waals surface area contributed by atoms with Crippen LogP contribution < -0.4 is 0 Å². The lowest BCUT2D eigenvalue weighted by molar-refractivity contribution is 0.717. The molecule has 0 aromatic rings. The number of hydrogen-bond donors (Lipinski definition) is 0. The molecule has 0 nitrogen and oxygen atoms in total. The van der Waals surface area contributed by atoms with Crippen LogP contribution in [0.1, 0.15) is 48.0 Å². The molecule has 0 radical (unpaired) electrons. The lowest BCUT2D eigenvalue weighted by Gasteiger charge is -2.51. The van der Waals surface area contributed by atoms with Crippen LogP contribution in [0.3, 0.4) is 0 Å². The minimum absolute atomic E-state index is 0.0336. The molecule has 0 N–H and O–H groups in total. The smallest absolute Gasteiger partial charge is 0.103 e. The molecule has 0 atom stereocenters. The molecule has 0 heterocycles. The summed E-state index contributed by atoms with van der Waals surface area (Å²) in [6.07, 6.45) is 8.19. The predicted octanol–water partition coefficient (Wildman–Crippen LogP) is 5.70. The van der Waals surface area contributed by atoms with Crippen molar-refractivity contribution < 1.29 is 0 Å². The van der Waals surface area contributed by atoms with E-state index in [1.807, 2.05) is 0 Å². The Kier molecular flexibility index (Phi) is 4.17. The highest BCUT2D eigenvalue weighted by Crippen LogP contribution is 2.67. The number of allylic oxidation sites excluding steroid dienone is 4. The fourth-order valence-corrected chi connectivity index (χ4v) is 21.9. The van der Waals surface area contributed by atoms with Gasteiger partial charge in [0, 0.05) is 0 Å². The summed E-state index contributed by atoms with van der Waals surface area (Å²) >= 11 is 0. The van der Waals surface area contributed by atoms with E-state index in [0.29, 0.717) is 10.3 Å². The van der Waals surface area contributed by atoms with E-state index >= 15 is 0 Å². The lowest BCUT2D eigenvalue weighted by Crippen LogP contribution is -2.41. The number of hydrogen-bond acceptors (Lipinski definition) is 0. The van der Waals surface area contributed by atoms with Crippen molar-refractivity contribution in [3.8, 4) is 0 Å². The molecule has 0 fully saturated rings. The van der Waals surface area contributed by atoms with Gasteiger partial charge >= 0.3 is 0 Å². The Morgan fingerprint density at radius 1 is 1.00 bits per heavy atom. The standard InChI is InChI=1S/C15H29PSi/c1-14(2,3)16(15(4,5)6)17(7,8)13-11-9-10-12-13/h9-11H,12H2,1-8H3.